The minimum Gasteiger partial charge on any atom is -0.480 e. The fourth-order valence-corrected chi connectivity index (χ4v) is 2.26. The van der Waals surface area contributed by atoms with Gasteiger partial charge in [0.25, 0.3) is 0 Å². The van der Waals surface area contributed by atoms with Gasteiger partial charge in [-0.3, -0.25) is 10.1 Å². The summed E-state index contributed by atoms with van der Waals surface area (Å²) in [6.07, 6.45) is 2.68. The Labute approximate surface area is 120 Å². The summed E-state index contributed by atoms with van der Waals surface area (Å²) in [5.74, 6) is -0.615. The first-order chi connectivity index (χ1) is 9.67. The summed E-state index contributed by atoms with van der Waals surface area (Å²) < 4.78 is 15.8. The second kappa shape index (κ2) is 9.28. The zero-order valence-corrected chi connectivity index (χ0v) is 12.5. The third-order valence-corrected chi connectivity index (χ3v) is 3.49. The van der Waals surface area contributed by atoms with E-state index in [1.54, 1.807) is 7.11 Å². The highest BCUT2D eigenvalue weighted by Crippen LogP contribution is 2.40. The standard InChI is InChI=1S/C14H27NO5/c1-3-15-14(13(16)17,12-5-6-12)11-20-8-4-7-19-10-9-18-2/h12,15H,3-11H2,1-2H3,(H,16,17). The number of methoxy groups -OCH3 is 1. The molecule has 1 fully saturated rings. The fraction of sp³-hybridized carbons (Fsp3) is 0.929. The van der Waals surface area contributed by atoms with Gasteiger partial charge in [0.05, 0.1) is 19.8 Å². The highest BCUT2D eigenvalue weighted by Gasteiger charge is 2.51. The fourth-order valence-electron chi connectivity index (χ4n) is 2.26. The van der Waals surface area contributed by atoms with Crippen LogP contribution in [0.2, 0.25) is 0 Å². The van der Waals surface area contributed by atoms with Crippen LogP contribution >= 0.6 is 0 Å². The van der Waals surface area contributed by atoms with Crippen molar-refractivity contribution < 1.29 is 24.1 Å². The molecule has 6 nitrogen and oxygen atoms in total. The molecule has 1 rings (SSSR count). The number of likely N-dealkylation sites (N-methyl/N-ethyl adjacent to an activating group) is 1. The highest BCUT2D eigenvalue weighted by atomic mass is 16.5. The molecule has 0 bridgehead atoms. The van der Waals surface area contributed by atoms with Gasteiger partial charge in [-0.1, -0.05) is 6.92 Å². The second-order valence-corrected chi connectivity index (χ2v) is 5.09. The summed E-state index contributed by atoms with van der Waals surface area (Å²) in [6.45, 7) is 5.06. The van der Waals surface area contributed by atoms with Crippen molar-refractivity contribution in [1.29, 1.82) is 0 Å². The molecule has 0 aliphatic heterocycles. The van der Waals surface area contributed by atoms with Gasteiger partial charge in [0.1, 0.15) is 5.54 Å². The van der Waals surface area contributed by atoms with Crippen molar-refractivity contribution in [2.24, 2.45) is 5.92 Å². The van der Waals surface area contributed by atoms with E-state index in [-0.39, 0.29) is 12.5 Å². The van der Waals surface area contributed by atoms with Crippen LogP contribution in [0.1, 0.15) is 26.2 Å². The Morgan fingerprint density at radius 2 is 1.95 bits per heavy atom. The molecule has 1 atom stereocenters. The number of rotatable bonds is 13. The Morgan fingerprint density at radius 3 is 2.50 bits per heavy atom. The van der Waals surface area contributed by atoms with Gasteiger partial charge >= 0.3 is 5.97 Å². The number of nitrogens with one attached hydrogen (secondary N) is 1. The Balaban J connectivity index is 2.20. The molecule has 0 aromatic carbocycles. The number of carboxylic acids is 1. The number of carboxylic acid groups (broad SMARTS) is 1. The lowest BCUT2D eigenvalue weighted by atomic mass is 9.94. The first-order valence-electron chi connectivity index (χ1n) is 7.30. The topological polar surface area (TPSA) is 77.0 Å². The molecular weight excluding hydrogens is 262 g/mol. The van der Waals surface area contributed by atoms with Crippen LogP contribution < -0.4 is 5.32 Å². The SMILES string of the molecule is CCNC(COCCCOCCOC)(C(=O)O)C1CC1. The van der Waals surface area contributed by atoms with Gasteiger partial charge in [0, 0.05) is 20.3 Å². The van der Waals surface area contributed by atoms with Crippen LogP contribution in [0.15, 0.2) is 0 Å². The molecule has 0 heterocycles. The molecule has 0 amide bonds. The van der Waals surface area contributed by atoms with Crippen LogP contribution in [-0.2, 0) is 19.0 Å². The van der Waals surface area contributed by atoms with Crippen LogP contribution in [0.3, 0.4) is 0 Å². The molecule has 0 aromatic rings. The first kappa shape index (κ1) is 17.4. The predicted octanol–water partition coefficient (Wildman–Crippen LogP) is 0.899. The van der Waals surface area contributed by atoms with Crippen LogP contribution in [0.25, 0.3) is 0 Å². The zero-order valence-electron chi connectivity index (χ0n) is 12.5. The second-order valence-electron chi connectivity index (χ2n) is 5.09. The molecule has 6 heteroatoms. The van der Waals surface area contributed by atoms with Gasteiger partial charge in [0.15, 0.2) is 0 Å². The monoisotopic (exact) mass is 289 g/mol. The Morgan fingerprint density at radius 1 is 1.25 bits per heavy atom. The first-order valence-corrected chi connectivity index (χ1v) is 7.30. The van der Waals surface area contributed by atoms with Gasteiger partial charge < -0.3 is 19.3 Å². The van der Waals surface area contributed by atoms with Crippen molar-refractivity contribution in [3.8, 4) is 0 Å². The van der Waals surface area contributed by atoms with E-state index in [9.17, 15) is 9.90 Å². The highest BCUT2D eigenvalue weighted by molar-refractivity contribution is 5.80. The molecule has 1 unspecified atom stereocenters. The number of hydrogen-bond donors (Lipinski definition) is 2. The van der Waals surface area contributed by atoms with Crippen LogP contribution in [0.5, 0.6) is 0 Å². The van der Waals surface area contributed by atoms with Gasteiger partial charge in [-0.05, 0) is 31.7 Å². The van der Waals surface area contributed by atoms with Gasteiger partial charge in [-0.25, -0.2) is 0 Å². The summed E-state index contributed by atoms with van der Waals surface area (Å²) in [5, 5.41) is 12.6. The van der Waals surface area contributed by atoms with Gasteiger partial charge in [-0.15, -0.1) is 0 Å². The maximum absolute atomic E-state index is 11.5. The molecule has 118 valence electrons. The van der Waals surface area contributed by atoms with E-state index < -0.39 is 11.5 Å². The molecule has 2 N–H and O–H groups in total. The average Bonchev–Trinajstić information content (AvgIpc) is 3.25. The Kier molecular flexibility index (Phi) is 8.06. The van der Waals surface area contributed by atoms with Crippen molar-refractivity contribution in [3.05, 3.63) is 0 Å². The minimum atomic E-state index is -0.911. The van der Waals surface area contributed by atoms with E-state index in [0.29, 0.717) is 33.0 Å². The molecule has 1 aliphatic rings. The average molecular weight is 289 g/mol. The number of aliphatic carboxylic acids is 1. The van der Waals surface area contributed by atoms with Crippen LogP contribution in [0, 0.1) is 5.92 Å². The van der Waals surface area contributed by atoms with Gasteiger partial charge in [-0.2, -0.15) is 0 Å². The Bertz CT molecular complexity index is 283. The lowest BCUT2D eigenvalue weighted by Gasteiger charge is -2.30. The van der Waals surface area contributed by atoms with Crippen molar-refractivity contribution >= 4 is 5.97 Å². The third kappa shape index (κ3) is 5.36. The van der Waals surface area contributed by atoms with Crippen molar-refractivity contribution in [3.63, 3.8) is 0 Å². The quantitative estimate of drug-likeness (QED) is 0.491. The smallest absolute Gasteiger partial charge is 0.326 e. The van der Waals surface area contributed by atoms with E-state index in [1.807, 2.05) is 6.92 Å². The van der Waals surface area contributed by atoms with E-state index in [2.05, 4.69) is 5.32 Å². The molecule has 20 heavy (non-hydrogen) atoms. The van der Waals surface area contributed by atoms with Crippen molar-refractivity contribution in [1.82, 2.24) is 5.32 Å². The molecule has 0 aromatic heterocycles. The predicted molar refractivity (Wildman–Crippen MR) is 74.9 cm³/mol. The molecule has 1 saturated carbocycles. The maximum atomic E-state index is 11.5. The zero-order chi connectivity index (χ0) is 14.8. The van der Waals surface area contributed by atoms with E-state index in [1.165, 1.54) is 0 Å². The largest absolute Gasteiger partial charge is 0.480 e. The summed E-state index contributed by atoms with van der Waals surface area (Å²) in [7, 11) is 1.64. The molecule has 1 aliphatic carbocycles. The molecule has 0 radical (unpaired) electrons. The number of ether oxygens (including phenoxy) is 3. The summed E-state index contributed by atoms with van der Waals surface area (Å²) in [5.41, 5.74) is -0.911. The number of hydrogen-bond acceptors (Lipinski definition) is 5. The van der Waals surface area contributed by atoms with E-state index >= 15 is 0 Å². The van der Waals surface area contributed by atoms with Crippen molar-refractivity contribution in [2.45, 2.75) is 31.7 Å². The maximum Gasteiger partial charge on any atom is 0.326 e. The molecule has 0 saturated heterocycles. The summed E-state index contributed by atoms with van der Waals surface area (Å²) in [4.78, 5) is 11.5. The number of carbonyl (C=O) groups is 1. The summed E-state index contributed by atoms with van der Waals surface area (Å²) >= 11 is 0. The molecule has 0 spiro atoms. The minimum absolute atomic E-state index is 0.193. The van der Waals surface area contributed by atoms with Crippen LogP contribution in [-0.4, -0.2) is 63.3 Å². The van der Waals surface area contributed by atoms with Crippen LogP contribution in [0.4, 0.5) is 0 Å². The van der Waals surface area contributed by atoms with E-state index in [0.717, 1.165) is 19.3 Å². The lowest BCUT2D eigenvalue weighted by molar-refractivity contribution is -0.149. The molecular formula is C14H27NO5. The Hall–Kier alpha value is -0.690. The third-order valence-electron chi connectivity index (χ3n) is 3.49. The van der Waals surface area contributed by atoms with Gasteiger partial charge in [0.2, 0.25) is 0 Å². The normalized spacial score (nSPS) is 17.9. The van der Waals surface area contributed by atoms with E-state index in [4.69, 9.17) is 14.2 Å². The summed E-state index contributed by atoms with van der Waals surface area (Å²) in [6, 6.07) is 0. The lowest BCUT2D eigenvalue weighted by Crippen LogP contribution is -2.57. The van der Waals surface area contributed by atoms with Crippen molar-refractivity contribution in [2.75, 3.05) is 46.7 Å².